The average molecular weight is 424 g/mol. The monoisotopic (exact) mass is 423 g/mol. The average Bonchev–Trinajstić information content (AvgIpc) is 3.38. The normalized spacial score (nSPS) is 10.6. The molecule has 0 unspecified atom stereocenters. The maximum absolute atomic E-state index is 12.5. The molecule has 0 spiro atoms. The maximum Gasteiger partial charge on any atom is 0.240 e. The summed E-state index contributed by atoms with van der Waals surface area (Å²) >= 11 is 6.81. The standard InChI is InChI=1S/C20H17N5O2S2/c26-17(13-25-19(23-24-20(25)28)16-7-4-10-29-16)22-12-14-8-9-21-18(11-14)27-15-5-2-1-3-6-15/h1-11H,12-13H2,(H,22,26)(H,24,28). The van der Waals surface area contributed by atoms with Gasteiger partial charge in [-0.25, -0.2) is 4.98 Å². The summed E-state index contributed by atoms with van der Waals surface area (Å²) in [6, 6.07) is 16.9. The van der Waals surface area contributed by atoms with Crippen LogP contribution in [0.3, 0.4) is 0 Å². The quantitative estimate of drug-likeness (QED) is 0.436. The minimum atomic E-state index is -0.164. The SMILES string of the molecule is O=C(Cn1c(-c2cccs2)n[nH]c1=S)NCc1ccnc(Oc2ccccc2)c1. The van der Waals surface area contributed by atoms with Crippen LogP contribution in [0.25, 0.3) is 10.7 Å². The molecule has 0 bridgehead atoms. The van der Waals surface area contributed by atoms with Gasteiger partial charge in [-0.3, -0.25) is 14.5 Å². The first-order valence-corrected chi connectivity index (χ1v) is 10.1. The Morgan fingerprint density at radius 3 is 2.86 bits per heavy atom. The Hall–Kier alpha value is -3.30. The number of nitrogens with one attached hydrogen (secondary N) is 2. The van der Waals surface area contributed by atoms with Crippen LogP contribution in [0.15, 0.2) is 66.2 Å². The van der Waals surface area contributed by atoms with E-state index in [9.17, 15) is 4.79 Å². The van der Waals surface area contributed by atoms with Crippen molar-refractivity contribution in [3.63, 3.8) is 0 Å². The highest BCUT2D eigenvalue weighted by Crippen LogP contribution is 2.22. The highest BCUT2D eigenvalue weighted by molar-refractivity contribution is 7.71. The number of aromatic amines is 1. The summed E-state index contributed by atoms with van der Waals surface area (Å²) in [4.78, 5) is 17.6. The van der Waals surface area contributed by atoms with Crippen LogP contribution in [0.2, 0.25) is 0 Å². The zero-order chi connectivity index (χ0) is 20.1. The maximum atomic E-state index is 12.5. The van der Waals surface area contributed by atoms with Crippen LogP contribution in [0.5, 0.6) is 11.6 Å². The summed E-state index contributed by atoms with van der Waals surface area (Å²) in [7, 11) is 0. The lowest BCUT2D eigenvalue weighted by Gasteiger charge is -2.09. The molecule has 0 saturated heterocycles. The fraction of sp³-hybridized carbons (Fsp3) is 0.100. The van der Waals surface area contributed by atoms with Crippen LogP contribution in [-0.4, -0.2) is 25.7 Å². The van der Waals surface area contributed by atoms with Crippen LogP contribution < -0.4 is 10.1 Å². The third-order valence-corrected chi connectivity index (χ3v) is 5.23. The van der Waals surface area contributed by atoms with Crippen molar-refractivity contribution >= 4 is 29.5 Å². The van der Waals surface area contributed by atoms with E-state index in [1.807, 2.05) is 53.9 Å². The van der Waals surface area contributed by atoms with Gasteiger partial charge in [-0.05, 0) is 47.4 Å². The van der Waals surface area contributed by atoms with Crippen molar-refractivity contribution in [2.24, 2.45) is 0 Å². The second-order valence-corrected chi connectivity index (χ2v) is 7.44. The molecule has 0 saturated carbocycles. The summed E-state index contributed by atoms with van der Waals surface area (Å²) in [5.41, 5.74) is 0.883. The Labute approximate surface area is 176 Å². The van der Waals surface area contributed by atoms with Crippen molar-refractivity contribution in [3.05, 3.63) is 76.5 Å². The third kappa shape index (κ3) is 4.76. The van der Waals surface area contributed by atoms with E-state index in [4.69, 9.17) is 17.0 Å². The Bertz CT molecular complexity index is 1150. The van der Waals surface area contributed by atoms with E-state index in [2.05, 4.69) is 20.5 Å². The van der Waals surface area contributed by atoms with Crippen molar-refractivity contribution < 1.29 is 9.53 Å². The van der Waals surface area contributed by atoms with E-state index in [1.165, 1.54) is 0 Å². The number of amides is 1. The summed E-state index contributed by atoms with van der Waals surface area (Å²) in [6.45, 7) is 0.438. The number of rotatable bonds is 7. The van der Waals surface area contributed by atoms with Crippen molar-refractivity contribution in [2.45, 2.75) is 13.1 Å². The second kappa shape index (κ2) is 8.80. The van der Waals surface area contributed by atoms with E-state index in [1.54, 1.807) is 28.2 Å². The number of carbonyl (C=O) groups excluding carboxylic acids is 1. The molecule has 1 amide bonds. The first kappa shape index (κ1) is 19.0. The Morgan fingerprint density at radius 1 is 1.21 bits per heavy atom. The molecule has 0 aliphatic rings. The lowest BCUT2D eigenvalue weighted by Crippen LogP contribution is -2.27. The first-order chi connectivity index (χ1) is 14.2. The van der Waals surface area contributed by atoms with Crippen molar-refractivity contribution in [1.82, 2.24) is 25.1 Å². The van der Waals surface area contributed by atoms with Gasteiger partial charge in [0.1, 0.15) is 12.3 Å². The summed E-state index contributed by atoms with van der Waals surface area (Å²) in [5, 5.41) is 11.8. The predicted octanol–water partition coefficient (Wildman–Crippen LogP) is 4.17. The molecule has 29 heavy (non-hydrogen) atoms. The summed E-state index contributed by atoms with van der Waals surface area (Å²) < 4.78 is 7.83. The molecule has 0 fully saturated rings. The van der Waals surface area contributed by atoms with Gasteiger partial charge in [-0.15, -0.1) is 11.3 Å². The van der Waals surface area contributed by atoms with E-state index in [0.717, 1.165) is 10.4 Å². The van der Waals surface area contributed by atoms with Crippen molar-refractivity contribution in [1.29, 1.82) is 0 Å². The number of ether oxygens (including phenoxy) is 1. The van der Waals surface area contributed by atoms with Gasteiger partial charge in [0, 0.05) is 18.8 Å². The number of para-hydroxylation sites is 1. The molecule has 9 heteroatoms. The zero-order valence-corrected chi connectivity index (χ0v) is 16.9. The minimum absolute atomic E-state index is 0.0843. The molecule has 7 nitrogen and oxygen atoms in total. The van der Waals surface area contributed by atoms with Gasteiger partial charge in [-0.2, -0.15) is 5.10 Å². The minimum Gasteiger partial charge on any atom is -0.439 e. The van der Waals surface area contributed by atoms with Crippen LogP contribution in [-0.2, 0) is 17.9 Å². The molecule has 4 rings (SSSR count). The zero-order valence-electron chi connectivity index (χ0n) is 15.2. The van der Waals surface area contributed by atoms with Gasteiger partial charge in [0.05, 0.1) is 4.88 Å². The highest BCUT2D eigenvalue weighted by atomic mass is 32.1. The van der Waals surface area contributed by atoms with Gasteiger partial charge in [-0.1, -0.05) is 24.3 Å². The van der Waals surface area contributed by atoms with Crippen molar-refractivity contribution in [2.75, 3.05) is 0 Å². The van der Waals surface area contributed by atoms with Gasteiger partial charge in [0.15, 0.2) is 10.6 Å². The summed E-state index contributed by atoms with van der Waals surface area (Å²) in [5.74, 6) is 1.67. The second-order valence-electron chi connectivity index (χ2n) is 6.11. The smallest absolute Gasteiger partial charge is 0.240 e. The van der Waals surface area contributed by atoms with Gasteiger partial charge < -0.3 is 10.1 Å². The molecule has 0 aliphatic heterocycles. The van der Waals surface area contributed by atoms with Crippen LogP contribution >= 0.6 is 23.6 Å². The molecule has 1 aromatic carbocycles. The number of carbonyl (C=O) groups is 1. The molecule has 2 N–H and O–H groups in total. The number of pyridine rings is 1. The fourth-order valence-corrected chi connectivity index (χ4v) is 3.60. The third-order valence-electron chi connectivity index (χ3n) is 4.06. The predicted molar refractivity (Wildman–Crippen MR) is 113 cm³/mol. The Morgan fingerprint density at radius 2 is 2.07 bits per heavy atom. The largest absolute Gasteiger partial charge is 0.439 e. The molecule has 4 aromatic rings. The topological polar surface area (TPSA) is 84.8 Å². The first-order valence-electron chi connectivity index (χ1n) is 8.82. The van der Waals surface area contributed by atoms with Crippen LogP contribution in [0, 0.1) is 4.77 Å². The van der Waals surface area contributed by atoms with Crippen LogP contribution in [0.4, 0.5) is 0 Å². The van der Waals surface area contributed by atoms with E-state index in [0.29, 0.717) is 28.8 Å². The highest BCUT2D eigenvalue weighted by Gasteiger charge is 2.13. The Kier molecular flexibility index (Phi) is 5.78. The lowest BCUT2D eigenvalue weighted by atomic mass is 10.2. The molecule has 0 atom stereocenters. The number of hydrogen-bond acceptors (Lipinski definition) is 6. The number of nitrogens with zero attached hydrogens (tertiary/aromatic N) is 3. The molecular formula is C20H17N5O2S2. The molecule has 0 aliphatic carbocycles. The molecular weight excluding hydrogens is 406 g/mol. The van der Waals surface area contributed by atoms with Gasteiger partial charge in [0.25, 0.3) is 0 Å². The number of H-pyrrole nitrogens is 1. The number of aromatic nitrogens is 4. The number of benzene rings is 1. The van der Waals surface area contributed by atoms with E-state index >= 15 is 0 Å². The Balaban J connectivity index is 1.39. The fourth-order valence-electron chi connectivity index (χ4n) is 2.68. The number of hydrogen-bond donors (Lipinski definition) is 2. The van der Waals surface area contributed by atoms with E-state index < -0.39 is 0 Å². The molecule has 0 radical (unpaired) electrons. The summed E-state index contributed by atoms with van der Waals surface area (Å²) in [6.07, 6.45) is 1.65. The lowest BCUT2D eigenvalue weighted by molar-refractivity contribution is -0.121. The molecule has 146 valence electrons. The number of thiophene rings is 1. The molecule has 3 aromatic heterocycles. The van der Waals surface area contributed by atoms with Crippen molar-refractivity contribution in [3.8, 4) is 22.3 Å². The van der Waals surface area contributed by atoms with Gasteiger partial charge >= 0.3 is 0 Å². The van der Waals surface area contributed by atoms with Gasteiger partial charge in [0.2, 0.25) is 11.8 Å². The molecule has 3 heterocycles. The van der Waals surface area contributed by atoms with E-state index in [-0.39, 0.29) is 12.5 Å². The van der Waals surface area contributed by atoms with Crippen LogP contribution in [0.1, 0.15) is 5.56 Å².